The molecular formula is C47H73N9O10. The summed E-state index contributed by atoms with van der Waals surface area (Å²) in [4.78, 5) is 127. The van der Waals surface area contributed by atoms with Crippen LogP contribution in [0, 0.1) is 16.2 Å². The number of carbonyl (C=O) groups excluding carboxylic acids is 10. The molecule has 19 heteroatoms. The Morgan fingerprint density at radius 1 is 0.455 bits per heavy atom. The number of ketones is 1. The zero-order valence-corrected chi connectivity index (χ0v) is 40.8. The molecule has 0 aromatic carbocycles. The first-order valence-electron chi connectivity index (χ1n) is 22.2. The molecule has 0 radical (unpaired) electrons. The third-order valence-corrected chi connectivity index (χ3v) is 10.1. The number of allylic oxidation sites excluding steroid dienone is 2. The van der Waals surface area contributed by atoms with E-state index >= 15 is 0 Å². The van der Waals surface area contributed by atoms with E-state index in [0.717, 1.165) is 0 Å². The molecule has 66 heavy (non-hydrogen) atoms. The number of carbonyl (C=O) groups is 10. The van der Waals surface area contributed by atoms with Crippen molar-refractivity contribution in [1.82, 2.24) is 45.3 Å². The number of Topliss-reactive ketones (excluding diaryl/α,β-unsaturated/α-hetero) is 1. The van der Waals surface area contributed by atoms with Crippen LogP contribution in [0.5, 0.6) is 0 Å². The van der Waals surface area contributed by atoms with Crippen LogP contribution in [0.15, 0.2) is 48.9 Å². The number of amides is 9. The number of nitrogens with zero attached hydrogens (tertiary/aromatic N) is 6. The summed E-state index contributed by atoms with van der Waals surface area (Å²) in [6, 6.07) is 0. The van der Waals surface area contributed by atoms with Crippen LogP contribution in [0.3, 0.4) is 0 Å². The molecule has 9 amide bonds. The fourth-order valence-corrected chi connectivity index (χ4v) is 6.22. The molecule has 0 aromatic heterocycles. The van der Waals surface area contributed by atoms with Gasteiger partial charge in [-0.1, -0.05) is 75.5 Å². The number of piperazine rings is 2. The predicted octanol–water partition coefficient (Wildman–Crippen LogP) is 1.37. The van der Waals surface area contributed by atoms with Crippen LogP contribution < -0.4 is 16.0 Å². The van der Waals surface area contributed by atoms with Crippen LogP contribution >= 0.6 is 0 Å². The van der Waals surface area contributed by atoms with Gasteiger partial charge in [-0.05, 0) is 35.3 Å². The Morgan fingerprint density at radius 2 is 0.742 bits per heavy atom. The highest BCUT2D eigenvalue weighted by Gasteiger charge is 2.30. The summed E-state index contributed by atoms with van der Waals surface area (Å²) in [5.41, 5.74) is 1.04. The standard InChI is InChI=1S/C19H28N4O4.C16H27N3O4.C12H18N2O2/c1-14-5-6-16(25)23(14)12-18(27)22-9-7-21(8-10-22)17(26)11-15(24)20-13-19(2,3)4;1-12(20)9-14(22)18-5-7-19(8-6-18)15(23)10-13(21)17-11-16(2,3)4;1-9-5-6-11(16)14(9)7-10(15)13-8-12(2,3)4/h5-6H,1,7-13H2,2-4H3,(H,20,24);5-11H2,1-4H3,(H,17,21);5-6H,1,7-8H2,2-4H3,(H,13,15). The lowest BCUT2D eigenvalue weighted by Gasteiger charge is -2.35. The van der Waals surface area contributed by atoms with Crippen molar-refractivity contribution < 1.29 is 47.9 Å². The molecule has 3 N–H and O–H groups in total. The Morgan fingerprint density at radius 3 is 1.03 bits per heavy atom. The maximum atomic E-state index is 12.4. The van der Waals surface area contributed by atoms with Crippen molar-refractivity contribution in [3.63, 3.8) is 0 Å². The summed E-state index contributed by atoms with van der Waals surface area (Å²) in [7, 11) is 0. The smallest absolute Gasteiger partial charge is 0.251 e. The molecule has 4 heterocycles. The molecule has 0 saturated carbocycles. The molecule has 0 aromatic rings. The van der Waals surface area contributed by atoms with Gasteiger partial charge < -0.3 is 45.3 Å². The zero-order valence-electron chi connectivity index (χ0n) is 40.8. The van der Waals surface area contributed by atoms with Gasteiger partial charge in [-0.15, -0.1) is 0 Å². The van der Waals surface area contributed by atoms with Gasteiger partial charge in [0.2, 0.25) is 41.4 Å². The molecule has 2 fully saturated rings. The Hall–Kier alpha value is -6.14. The average molecular weight is 924 g/mol. The second kappa shape index (κ2) is 25.0. The molecular weight excluding hydrogens is 851 g/mol. The Bertz CT molecular complexity index is 1880. The number of nitrogens with one attached hydrogen (secondary N) is 3. The molecule has 0 unspecified atom stereocenters. The number of rotatable bonds is 13. The first-order valence-corrected chi connectivity index (χ1v) is 22.2. The minimum absolute atomic E-state index is 0.0264. The lowest BCUT2D eigenvalue weighted by Crippen LogP contribution is -2.53. The largest absolute Gasteiger partial charge is 0.355 e. The van der Waals surface area contributed by atoms with Gasteiger partial charge >= 0.3 is 0 Å². The molecule has 2 saturated heterocycles. The SMILES string of the molecule is C=C1C=CC(=O)N1CC(=O)N1CCN(C(=O)CC(=O)NCC(C)(C)C)CC1.C=C1C=CC(=O)N1CC(=O)NCC(C)(C)C.CC(=O)CC(=O)N1CCN(C(=O)CC(=O)NCC(C)(C)C)CC1. The maximum absolute atomic E-state index is 12.4. The molecule has 4 rings (SSSR count). The molecule has 366 valence electrons. The van der Waals surface area contributed by atoms with Crippen LogP contribution in [0.1, 0.15) is 88.5 Å². The number of hydrogen-bond donors (Lipinski definition) is 3. The normalized spacial score (nSPS) is 16.3. The fraction of sp³-hybridized carbons (Fsp3) is 0.617. The van der Waals surface area contributed by atoms with E-state index in [9.17, 15) is 47.9 Å². The van der Waals surface area contributed by atoms with Crippen molar-refractivity contribution in [3.05, 3.63) is 48.9 Å². The van der Waals surface area contributed by atoms with E-state index in [1.807, 2.05) is 62.3 Å². The third kappa shape index (κ3) is 21.2. The molecule has 0 atom stereocenters. The van der Waals surface area contributed by atoms with Gasteiger partial charge in [-0.25, -0.2) is 0 Å². The van der Waals surface area contributed by atoms with Crippen molar-refractivity contribution in [2.75, 3.05) is 85.1 Å². The summed E-state index contributed by atoms with van der Waals surface area (Å²) in [5, 5.41) is 8.31. The quantitative estimate of drug-likeness (QED) is 0.225. The van der Waals surface area contributed by atoms with Gasteiger partial charge in [0.05, 0.1) is 6.42 Å². The topological polar surface area (TPSA) is 226 Å². The van der Waals surface area contributed by atoms with Gasteiger partial charge in [0.15, 0.2) is 0 Å². The molecule has 4 aliphatic heterocycles. The predicted molar refractivity (Wildman–Crippen MR) is 248 cm³/mol. The van der Waals surface area contributed by atoms with Crippen LogP contribution in [0.4, 0.5) is 0 Å². The molecule has 4 aliphatic rings. The van der Waals surface area contributed by atoms with Gasteiger partial charge in [-0.3, -0.25) is 47.9 Å². The summed E-state index contributed by atoms with van der Waals surface area (Å²) < 4.78 is 0. The Labute approximate surface area is 390 Å². The fourth-order valence-electron chi connectivity index (χ4n) is 6.22. The highest BCUT2D eigenvalue weighted by Crippen LogP contribution is 2.16. The Kier molecular flexibility index (Phi) is 21.2. The summed E-state index contributed by atoms with van der Waals surface area (Å²) >= 11 is 0. The molecule has 0 spiro atoms. The van der Waals surface area contributed by atoms with Crippen molar-refractivity contribution >= 4 is 58.9 Å². The lowest BCUT2D eigenvalue weighted by atomic mass is 9.97. The van der Waals surface area contributed by atoms with E-state index in [2.05, 4.69) is 29.1 Å². The summed E-state index contributed by atoms with van der Waals surface area (Å²) in [6.07, 6.45) is 5.55. The van der Waals surface area contributed by atoms with E-state index in [0.29, 0.717) is 83.4 Å². The van der Waals surface area contributed by atoms with E-state index in [4.69, 9.17) is 0 Å². The second-order valence-electron chi connectivity index (χ2n) is 20.3. The van der Waals surface area contributed by atoms with E-state index < -0.39 is 0 Å². The molecule has 0 bridgehead atoms. The average Bonchev–Trinajstić information content (AvgIpc) is 3.71. The minimum Gasteiger partial charge on any atom is -0.355 e. The van der Waals surface area contributed by atoms with Crippen LogP contribution in [-0.2, 0) is 47.9 Å². The Balaban J connectivity index is 0.000000351. The maximum Gasteiger partial charge on any atom is 0.251 e. The van der Waals surface area contributed by atoms with E-state index in [1.165, 1.54) is 28.9 Å². The van der Waals surface area contributed by atoms with Crippen LogP contribution in [0.25, 0.3) is 0 Å². The second-order valence-corrected chi connectivity index (χ2v) is 20.3. The summed E-state index contributed by atoms with van der Waals surface area (Å²) in [5.74, 6) is -2.16. The minimum atomic E-state index is -0.285. The summed E-state index contributed by atoms with van der Waals surface area (Å²) in [6.45, 7) is 31.7. The monoisotopic (exact) mass is 924 g/mol. The zero-order chi connectivity index (χ0) is 50.2. The van der Waals surface area contributed by atoms with Crippen molar-refractivity contribution in [3.8, 4) is 0 Å². The van der Waals surface area contributed by atoms with Crippen molar-refractivity contribution in [1.29, 1.82) is 0 Å². The number of hydrogen-bond acceptors (Lipinski definition) is 10. The van der Waals surface area contributed by atoms with E-state index in [-0.39, 0.29) is 108 Å². The van der Waals surface area contributed by atoms with Crippen molar-refractivity contribution in [2.45, 2.75) is 88.5 Å². The highest BCUT2D eigenvalue weighted by molar-refractivity contribution is 5.99. The van der Waals surface area contributed by atoms with Gasteiger partial charge in [0.1, 0.15) is 31.7 Å². The van der Waals surface area contributed by atoms with Gasteiger partial charge in [0.25, 0.3) is 11.8 Å². The third-order valence-electron chi connectivity index (χ3n) is 10.1. The van der Waals surface area contributed by atoms with Gasteiger partial charge in [-0.2, -0.15) is 0 Å². The first kappa shape index (κ1) is 56.0. The van der Waals surface area contributed by atoms with Crippen molar-refractivity contribution in [2.24, 2.45) is 16.2 Å². The molecule has 0 aliphatic carbocycles. The highest BCUT2D eigenvalue weighted by atomic mass is 16.2. The first-order chi connectivity index (χ1) is 30.4. The lowest BCUT2D eigenvalue weighted by molar-refractivity contribution is -0.143. The van der Waals surface area contributed by atoms with Gasteiger partial charge in [0, 0.05) is 95.5 Å². The van der Waals surface area contributed by atoms with Crippen LogP contribution in [0.2, 0.25) is 0 Å². The van der Waals surface area contributed by atoms with Crippen LogP contribution in [-0.4, -0.2) is 173 Å². The molecule has 19 nitrogen and oxygen atoms in total. The van der Waals surface area contributed by atoms with E-state index in [1.54, 1.807) is 31.8 Å².